The number of hydrogen-bond donors (Lipinski definition) is 3. The Balaban J connectivity index is 2.28. The monoisotopic (exact) mass is 572 g/mol. The zero-order valence-corrected chi connectivity index (χ0v) is 26.1. The molecule has 0 bridgehead atoms. The third-order valence-electron chi connectivity index (χ3n) is 7.35. The molecule has 4 amide bonds. The van der Waals surface area contributed by atoms with Gasteiger partial charge in [0.05, 0.1) is 18.8 Å². The van der Waals surface area contributed by atoms with Crippen molar-refractivity contribution in [2.75, 3.05) is 19.7 Å². The number of nitrogens with one attached hydrogen (secondary N) is 3. The normalized spacial score (nSPS) is 15.7. The molecule has 1 aromatic rings. The van der Waals surface area contributed by atoms with Gasteiger partial charge in [0, 0.05) is 18.7 Å². The predicted molar refractivity (Wildman–Crippen MR) is 158 cm³/mol. The minimum atomic E-state index is -1.38. The van der Waals surface area contributed by atoms with E-state index in [0.717, 1.165) is 11.1 Å². The van der Waals surface area contributed by atoms with Crippen LogP contribution in [0.25, 0.3) is 0 Å². The summed E-state index contributed by atoms with van der Waals surface area (Å²) in [4.78, 5) is 54.0. The Labute approximate surface area is 244 Å². The van der Waals surface area contributed by atoms with E-state index < -0.39 is 34.7 Å². The minimum absolute atomic E-state index is 0.0829. The standard InChI is InChI=1S/C31H48N4O6/c1-10-31(11-2)23(21(4)25(36)33-31)18-35(12-3)26(37)24(20-40-19-22-16-14-13-15-17-22)32-27(38)30(8,9)34-28(39)41-29(5,6)7/h13-17,24H,10-12,18-20H2,1-9H3,(H,32,38)(H,33,36)(H,34,39). The van der Waals surface area contributed by atoms with Crippen LogP contribution in [0.4, 0.5) is 4.79 Å². The lowest BCUT2D eigenvalue weighted by molar-refractivity contribution is -0.139. The van der Waals surface area contributed by atoms with Gasteiger partial charge in [-0.25, -0.2) is 4.79 Å². The number of likely N-dealkylation sites (N-methyl/N-ethyl adjacent to an activating group) is 1. The van der Waals surface area contributed by atoms with Gasteiger partial charge in [-0.05, 0) is 72.4 Å². The molecular formula is C31H48N4O6. The van der Waals surface area contributed by atoms with E-state index in [0.29, 0.717) is 25.0 Å². The van der Waals surface area contributed by atoms with Gasteiger partial charge in [0.2, 0.25) is 17.7 Å². The number of ether oxygens (including phenoxy) is 2. The number of carbonyl (C=O) groups excluding carboxylic acids is 4. The van der Waals surface area contributed by atoms with Crippen LogP contribution in [0, 0.1) is 0 Å². The highest BCUT2D eigenvalue weighted by atomic mass is 16.6. The van der Waals surface area contributed by atoms with Gasteiger partial charge in [-0.3, -0.25) is 14.4 Å². The highest BCUT2D eigenvalue weighted by Gasteiger charge is 2.42. The van der Waals surface area contributed by atoms with E-state index in [1.165, 1.54) is 13.8 Å². The van der Waals surface area contributed by atoms with Crippen molar-refractivity contribution in [3.8, 4) is 0 Å². The van der Waals surface area contributed by atoms with Gasteiger partial charge in [0.1, 0.15) is 17.2 Å². The molecular weight excluding hydrogens is 524 g/mol. The Morgan fingerprint density at radius 2 is 1.63 bits per heavy atom. The average molecular weight is 573 g/mol. The van der Waals surface area contributed by atoms with Crippen LogP contribution in [0.15, 0.2) is 41.5 Å². The van der Waals surface area contributed by atoms with Crippen molar-refractivity contribution in [3.05, 3.63) is 47.0 Å². The molecule has 10 nitrogen and oxygen atoms in total. The van der Waals surface area contributed by atoms with E-state index in [-0.39, 0.29) is 31.6 Å². The molecule has 1 atom stereocenters. The van der Waals surface area contributed by atoms with Crippen LogP contribution in [0.3, 0.4) is 0 Å². The third-order valence-corrected chi connectivity index (χ3v) is 7.35. The second-order valence-electron chi connectivity index (χ2n) is 12.0. The maximum Gasteiger partial charge on any atom is 0.408 e. The highest BCUT2D eigenvalue weighted by Crippen LogP contribution is 2.33. The summed E-state index contributed by atoms with van der Waals surface area (Å²) in [7, 11) is 0. The Morgan fingerprint density at radius 1 is 1.02 bits per heavy atom. The Kier molecular flexibility index (Phi) is 11.5. The molecule has 0 saturated carbocycles. The van der Waals surface area contributed by atoms with Crippen LogP contribution in [0.2, 0.25) is 0 Å². The lowest BCUT2D eigenvalue weighted by Gasteiger charge is -2.35. The van der Waals surface area contributed by atoms with Crippen LogP contribution < -0.4 is 16.0 Å². The first-order valence-electron chi connectivity index (χ1n) is 14.3. The fourth-order valence-corrected chi connectivity index (χ4v) is 4.76. The smallest absolute Gasteiger partial charge is 0.408 e. The van der Waals surface area contributed by atoms with Crippen LogP contribution >= 0.6 is 0 Å². The molecule has 0 aromatic heterocycles. The molecule has 1 unspecified atom stereocenters. The van der Waals surface area contributed by atoms with Crippen molar-refractivity contribution in [1.82, 2.24) is 20.9 Å². The van der Waals surface area contributed by atoms with Crippen LogP contribution in [-0.4, -0.2) is 71.1 Å². The van der Waals surface area contributed by atoms with Gasteiger partial charge < -0.3 is 30.3 Å². The SMILES string of the molecule is CCN(CC1=C(C)C(=O)NC1(CC)CC)C(=O)C(COCc1ccccc1)NC(=O)C(C)(C)NC(=O)OC(C)(C)C. The topological polar surface area (TPSA) is 126 Å². The van der Waals surface area contributed by atoms with Crippen LogP contribution in [-0.2, 0) is 30.5 Å². The number of hydrogen-bond acceptors (Lipinski definition) is 6. The molecule has 0 radical (unpaired) electrons. The Bertz CT molecular complexity index is 1120. The molecule has 41 heavy (non-hydrogen) atoms. The summed E-state index contributed by atoms with van der Waals surface area (Å²) in [6.45, 7) is 16.7. The van der Waals surface area contributed by atoms with E-state index in [1.54, 1.807) is 32.6 Å². The second kappa shape index (κ2) is 14.0. The lowest BCUT2D eigenvalue weighted by atomic mass is 9.84. The number of carbonyl (C=O) groups is 4. The number of rotatable bonds is 13. The molecule has 0 aliphatic carbocycles. The summed E-state index contributed by atoms with van der Waals surface area (Å²) >= 11 is 0. The van der Waals surface area contributed by atoms with E-state index >= 15 is 0 Å². The minimum Gasteiger partial charge on any atom is -0.444 e. The van der Waals surface area contributed by atoms with Crippen molar-refractivity contribution in [2.24, 2.45) is 0 Å². The van der Waals surface area contributed by atoms with Gasteiger partial charge in [0.15, 0.2) is 0 Å². The van der Waals surface area contributed by atoms with Crippen molar-refractivity contribution in [3.63, 3.8) is 0 Å². The number of alkyl carbamates (subject to hydrolysis) is 1. The summed E-state index contributed by atoms with van der Waals surface area (Å²) < 4.78 is 11.2. The van der Waals surface area contributed by atoms with E-state index in [4.69, 9.17) is 9.47 Å². The first-order valence-corrected chi connectivity index (χ1v) is 14.3. The van der Waals surface area contributed by atoms with Crippen LogP contribution in [0.1, 0.15) is 80.7 Å². The lowest BCUT2D eigenvalue weighted by Crippen LogP contribution is -2.61. The summed E-state index contributed by atoms with van der Waals surface area (Å²) in [5.74, 6) is -1.04. The molecule has 0 fully saturated rings. The summed E-state index contributed by atoms with van der Waals surface area (Å²) in [5.41, 5.74) is -0.212. The zero-order valence-electron chi connectivity index (χ0n) is 26.1. The van der Waals surface area contributed by atoms with E-state index in [2.05, 4.69) is 16.0 Å². The first-order chi connectivity index (χ1) is 19.1. The fourth-order valence-electron chi connectivity index (χ4n) is 4.76. The molecule has 3 N–H and O–H groups in total. The van der Waals surface area contributed by atoms with Gasteiger partial charge in [-0.15, -0.1) is 0 Å². The molecule has 1 heterocycles. The highest BCUT2D eigenvalue weighted by molar-refractivity contribution is 5.98. The van der Waals surface area contributed by atoms with Crippen LogP contribution in [0.5, 0.6) is 0 Å². The molecule has 10 heteroatoms. The van der Waals surface area contributed by atoms with Crippen molar-refractivity contribution >= 4 is 23.8 Å². The average Bonchev–Trinajstić information content (AvgIpc) is 3.14. The molecule has 2 rings (SSSR count). The largest absolute Gasteiger partial charge is 0.444 e. The second-order valence-corrected chi connectivity index (χ2v) is 12.0. The van der Waals surface area contributed by atoms with Gasteiger partial charge >= 0.3 is 6.09 Å². The maximum atomic E-state index is 13.9. The summed E-state index contributed by atoms with van der Waals surface area (Å²) in [6.07, 6.45) is 0.643. The first kappa shape index (κ1) is 33.8. The van der Waals surface area contributed by atoms with Crippen molar-refractivity contribution < 1.29 is 28.7 Å². The molecule has 1 aliphatic rings. The number of amides is 4. The van der Waals surface area contributed by atoms with Gasteiger partial charge in [0.25, 0.3) is 0 Å². The van der Waals surface area contributed by atoms with Gasteiger partial charge in [-0.2, -0.15) is 0 Å². The summed E-state index contributed by atoms with van der Waals surface area (Å²) in [6, 6.07) is 8.49. The molecule has 0 saturated heterocycles. The van der Waals surface area contributed by atoms with Gasteiger partial charge in [-0.1, -0.05) is 44.2 Å². The van der Waals surface area contributed by atoms with E-state index in [1.807, 2.05) is 51.1 Å². The molecule has 228 valence electrons. The number of nitrogens with zero attached hydrogens (tertiary/aromatic N) is 1. The predicted octanol–water partition coefficient (Wildman–Crippen LogP) is 3.84. The molecule has 0 spiro atoms. The maximum absolute atomic E-state index is 13.9. The zero-order chi connectivity index (χ0) is 31.0. The third kappa shape index (κ3) is 9.05. The van der Waals surface area contributed by atoms with Crippen molar-refractivity contribution in [1.29, 1.82) is 0 Å². The summed E-state index contributed by atoms with van der Waals surface area (Å²) in [5, 5.41) is 8.49. The van der Waals surface area contributed by atoms with E-state index in [9.17, 15) is 19.2 Å². The molecule has 1 aliphatic heterocycles. The fraction of sp³-hybridized carbons (Fsp3) is 0.613. The Hall–Kier alpha value is -3.40. The number of benzene rings is 1. The van der Waals surface area contributed by atoms with Crippen molar-refractivity contribution in [2.45, 2.75) is 104 Å². The molecule has 1 aromatic carbocycles. The quantitative estimate of drug-likeness (QED) is 0.330. The Morgan fingerprint density at radius 3 is 2.17 bits per heavy atom.